The topological polar surface area (TPSA) is 83.0 Å². The van der Waals surface area contributed by atoms with E-state index in [4.69, 9.17) is 4.74 Å². The number of carbonyl (C=O) groups excluding carboxylic acids is 2. The molecule has 0 saturated carbocycles. The quantitative estimate of drug-likeness (QED) is 0.567. The molecule has 0 bridgehead atoms. The number of fused-ring (bicyclic) bond motifs is 1. The van der Waals surface area contributed by atoms with Crippen LogP contribution in [0.1, 0.15) is 40.1 Å². The normalized spacial score (nSPS) is 18.5. The van der Waals surface area contributed by atoms with Crippen LogP contribution >= 0.6 is 0 Å². The first-order chi connectivity index (χ1) is 17.3. The molecule has 0 aliphatic carbocycles. The predicted molar refractivity (Wildman–Crippen MR) is 139 cm³/mol. The highest BCUT2D eigenvalue weighted by atomic mass is 16.5. The second-order valence-corrected chi connectivity index (χ2v) is 9.57. The summed E-state index contributed by atoms with van der Waals surface area (Å²) in [4.78, 5) is 34.5. The summed E-state index contributed by atoms with van der Waals surface area (Å²) in [6.07, 6.45) is 1.32. The third-order valence-electron chi connectivity index (χ3n) is 6.80. The Bertz CT molecular complexity index is 1230. The number of carbonyl (C=O) groups is 2. The molecule has 7 heteroatoms. The van der Waals surface area contributed by atoms with Crippen LogP contribution in [0.4, 0.5) is 0 Å². The van der Waals surface area contributed by atoms with Gasteiger partial charge in [0.2, 0.25) is 5.88 Å². The number of pyridine rings is 1. The van der Waals surface area contributed by atoms with Gasteiger partial charge < -0.3 is 19.6 Å². The lowest BCUT2D eigenvalue weighted by molar-refractivity contribution is 0.0313. The molecule has 0 radical (unpaired) electrons. The minimum absolute atomic E-state index is 0.104. The first kappa shape index (κ1) is 25.4. The van der Waals surface area contributed by atoms with E-state index in [-0.39, 0.29) is 36.3 Å². The van der Waals surface area contributed by atoms with Gasteiger partial charge in [0.05, 0.1) is 19.2 Å². The highest BCUT2D eigenvalue weighted by molar-refractivity contribution is 5.98. The van der Waals surface area contributed by atoms with E-state index in [2.05, 4.69) is 4.98 Å². The molecule has 188 valence electrons. The van der Waals surface area contributed by atoms with Crippen LogP contribution in [0.25, 0.3) is 11.1 Å². The number of aryl methyl sites for hydroxylation is 1. The Kier molecular flexibility index (Phi) is 7.70. The average molecular weight is 488 g/mol. The lowest BCUT2D eigenvalue weighted by Gasteiger charge is -2.37. The van der Waals surface area contributed by atoms with Crippen molar-refractivity contribution >= 4 is 11.8 Å². The van der Waals surface area contributed by atoms with E-state index in [1.165, 1.54) is 0 Å². The zero-order valence-electron chi connectivity index (χ0n) is 21.2. The van der Waals surface area contributed by atoms with E-state index < -0.39 is 6.10 Å². The number of hydrogen-bond donors (Lipinski definition) is 1. The van der Waals surface area contributed by atoms with E-state index in [0.717, 1.165) is 16.7 Å². The maximum Gasteiger partial charge on any atom is 0.259 e. The molecular formula is C29H33N3O4. The van der Waals surface area contributed by atoms with Gasteiger partial charge in [-0.3, -0.25) is 9.59 Å². The zero-order chi connectivity index (χ0) is 25.8. The fourth-order valence-corrected chi connectivity index (χ4v) is 4.52. The predicted octanol–water partition coefficient (Wildman–Crippen LogP) is 4.05. The van der Waals surface area contributed by atoms with Crippen molar-refractivity contribution in [1.82, 2.24) is 14.8 Å². The molecule has 3 atom stereocenters. The number of hydrogen-bond acceptors (Lipinski definition) is 5. The number of likely N-dealkylation sites (N-methyl/N-ethyl adjacent to an activating group) is 1. The second-order valence-electron chi connectivity index (χ2n) is 9.57. The second kappa shape index (κ2) is 10.9. The van der Waals surface area contributed by atoms with Crippen molar-refractivity contribution < 1.29 is 19.4 Å². The largest absolute Gasteiger partial charge is 0.472 e. The molecule has 2 heterocycles. The van der Waals surface area contributed by atoms with Crippen LogP contribution in [-0.2, 0) is 0 Å². The number of aliphatic hydroxyl groups excluding tert-OH is 1. The molecule has 7 nitrogen and oxygen atoms in total. The smallest absolute Gasteiger partial charge is 0.259 e. The van der Waals surface area contributed by atoms with Crippen LogP contribution in [0.2, 0.25) is 0 Å². The summed E-state index contributed by atoms with van der Waals surface area (Å²) in [7, 11) is 1.75. The van der Waals surface area contributed by atoms with Crippen molar-refractivity contribution in [3.8, 4) is 17.0 Å². The molecule has 4 rings (SSSR count). The van der Waals surface area contributed by atoms with Gasteiger partial charge in [-0.25, -0.2) is 4.98 Å². The molecule has 1 aliphatic heterocycles. The van der Waals surface area contributed by atoms with Crippen molar-refractivity contribution in [1.29, 1.82) is 0 Å². The van der Waals surface area contributed by atoms with Gasteiger partial charge in [0.15, 0.2) is 0 Å². The van der Waals surface area contributed by atoms with Crippen LogP contribution in [0.3, 0.4) is 0 Å². The molecule has 2 aromatic carbocycles. The third kappa shape index (κ3) is 5.26. The SMILES string of the molecule is Cc1ccccc1-c1cnc2c(c1)C(=O)N([C@@H](C)CO)C[C@H](C)[C@H](CN(C)C(=O)c1ccccc1)O2. The number of amides is 2. The molecule has 1 aliphatic rings. The molecule has 1 N–H and O–H groups in total. The number of aliphatic hydroxyl groups is 1. The summed E-state index contributed by atoms with van der Waals surface area (Å²) < 4.78 is 6.34. The fourth-order valence-electron chi connectivity index (χ4n) is 4.52. The van der Waals surface area contributed by atoms with Crippen LogP contribution in [0.15, 0.2) is 66.9 Å². The first-order valence-corrected chi connectivity index (χ1v) is 12.2. The van der Waals surface area contributed by atoms with E-state index in [9.17, 15) is 14.7 Å². The Labute approximate surface area is 212 Å². The van der Waals surface area contributed by atoms with Crippen LogP contribution in [-0.4, -0.2) is 70.6 Å². The highest BCUT2D eigenvalue weighted by Crippen LogP contribution is 2.31. The molecule has 0 fully saturated rings. The number of benzene rings is 2. The molecule has 3 aromatic rings. The van der Waals surface area contributed by atoms with E-state index in [1.807, 2.05) is 69.3 Å². The van der Waals surface area contributed by atoms with Crippen LogP contribution in [0.5, 0.6) is 5.88 Å². The molecular weight excluding hydrogens is 454 g/mol. The minimum Gasteiger partial charge on any atom is -0.472 e. The maximum atomic E-state index is 13.7. The molecule has 0 unspecified atom stereocenters. The van der Waals surface area contributed by atoms with Gasteiger partial charge in [-0.15, -0.1) is 0 Å². The van der Waals surface area contributed by atoms with Crippen molar-refractivity contribution in [3.63, 3.8) is 0 Å². The maximum absolute atomic E-state index is 13.7. The summed E-state index contributed by atoms with van der Waals surface area (Å²) >= 11 is 0. The molecule has 2 amide bonds. The van der Waals surface area contributed by atoms with E-state index in [0.29, 0.717) is 24.2 Å². The molecule has 36 heavy (non-hydrogen) atoms. The van der Waals surface area contributed by atoms with E-state index in [1.54, 1.807) is 35.2 Å². The fraction of sp³-hybridized carbons (Fsp3) is 0.345. The van der Waals surface area contributed by atoms with Gasteiger partial charge in [0.25, 0.3) is 11.8 Å². The summed E-state index contributed by atoms with van der Waals surface area (Å²) in [5.74, 6) is -0.203. The first-order valence-electron chi connectivity index (χ1n) is 12.2. The van der Waals surface area contributed by atoms with Crippen LogP contribution < -0.4 is 4.74 Å². The van der Waals surface area contributed by atoms with E-state index >= 15 is 0 Å². The van der Waals surface area contributed by atoms with Gasteiger partial charge >= 0.3 is 0 Å². The number of ether oxygens (including phenoxy) is 1. The van der Waals surface area contributed by atoms with Crippen molar-refractivity contribution in [2.75, 3.05) is 26.7 Å². The summed E-state index contributed by atoms with van der Waals surface area (Å²) in [5, 5.41) is 9.89. The Balaban J connectivity index is 1.70. The van der Waals surface area contributed by atoms with Gasteiger partial charge in [0, 0.05) is 36.8 Å². The van der Waals surface area contributed by atoms with Gasteiger partial charge in [-0.1, -0.05) is 49.4 Å². The number of rotatable bonds is 6. The zero-order valence-corrected chi connectivity index (χ0v) is 21.2. The lowest BCUT2D eigenvalue weighted by Crippen LogP contribution is -2.50. The summed E-state index contributed by atoms with van der Waals surface area (Å²) in [6, 6.07) is 18.5. The molecule has 0 spiro atoms. The van der Waals surface area contributed by atoms with Gasteiger partial charge in [0.1, 0.15) is 11.7 Å². The number of nitrogens with zero attached hydrogens (tertiary/aromatic N) is 3. The van der Waals surface area contributed by atoms with Crippen LogP contribution in [0, 0.1) is 12.8 Å². The number of aromatic nitrogens is 1. The van der Waals surface area contributed by atoms with Crippen molar-refractivity contribution in [2.45, 2.75) is 32.9 Å². The highest BCUT2D eigenvalue weighted by Gasteiger charge is 2.35. The average Bonchev–Trinajstić information content (AvgIpc) is 2.90. The summed E-state index contributed by atoms with van der Waals surface area (Å²) in [6.45, 7) is 6.38. The minimum atomic E-state index is -0.403. The standard InChI is InChI=1S/C29H33N3O4/c1-19-10-8-9-13-24(19)23-14-25-27(30-15-23)36-26(20(2)16-32(29(25)35)21(3)18-33)17-31(4)28(34)22-11-6-5-7-12-22/h5-15,20-21,26,33H,16-18H2,1-4H3/t20-,21-,26-/m0/s1. The monoisotopic (exact) mass is 487 g/mol. The Morgan fingerprint density at radius 2 is 1.86 bits per heavy atom. The Hall–Kier alpha value is -3.71. The molecule has 0 saturated heterocycles. The molecule has 1 aromatic heterocycles. The Morgan fingerprint density at radius 3 is 2.56 bits per heavy atom. The lowest BCUT2D eigenvalue weighted by atomic mass is 9.98. The third-order valence-corrected chi connectivity index (χ3v) is 6.80. The van der Waals surface area contributed by atoms with Crippen molar-refractivity contribution in [2.24, 2.45) is 5.92 Å². The van der Waals surface area contributed by atoms with Gasteiger partial charge in [-0.2, -0.15) is 0 Å². The summed E-state index contributed by atoms with van der Waals surface area (Å²) in [5.41, 5.74) is 3.84. The van der Waals surface area contributed by atoms with Gasteiger partial charge in [-0.05, 0) is 43.2 Å². The Morgan fingerprint density at radius 1 is 1.17 bits per heavy atom. The van der Waals surface area contributed by atoms with Crippen molar-refractivity contribution in [3.05, 3.63) is 83.6 Å².